The van der Waals surface area contributed by atoms with Crippen molar-refractivity contribution in [2.45, 2.75) is 19.4 Å². The zero-order valence-electron chi connectivity index (χ0n) is 17.4. The fraction of sp³-hybridized carbons (Fsp3) is 0.391. The summed E-state index contributed by atoms with van der Waals surface area (Å²) in [4.78, 5) is 4.84. The Hall–Kier alpha value is -1.50. The van der Waals surface area contributed by atoms with Crippen LogP contribution < -0.4 is 9.64 Å². The predicted octanol–water partition coefficient (Wildman–Crippen LogP) is 5.31. The molecule has 2 heterocycles. The highest BCUT2D eigenvalue weighted by Crippen LogP contribution is 2.33. The highest BCUT2D eigenvalue weighted by atomic mass is 35.5. The molecule has 0 saturated carbocycles. The molecule has 1 aliphatic rings. The van der Waals surface area contributed by atoms with Crippen LogP contribution in [0.3, 0.4) is 0 Å². The zero-order chi connectivity index (χ0) is 19.5. The third kappa shape index (κ3) is 5.40. The summed E-state index contributed by atoms with van der Waals surface area (Å²) in [5.41, 5.74) is 3.49. The van der Waals surface area contributed by atoms with Crippen LogP contribution in [0.1, 0.15) is 23.7 Å². The molecule has 1 atom stereocenters. The van der Waals surface area contributed by atoms with Crippen molar-refractivity contribution >= 4 is 51.9 Å². The number of piperazine rings is 1. The molecule has 0 radical (unpaired) electrons. The number of hydrogen-bond donors (Lipinski definition) is 1. The van der Waals surface area contributed by atoms with E-state index in [0.29, 0.717) is 0 Å². The zero-order valence-corrected chi connectivity index (χ0v) is 19.9. The number of ether oxygens (including phenoxy) is 1. The number of aliphatic hydroxyl groups is 1. The monoisotopic (exact) mass is 468 g/mol. The standard InChI is InChI=1S/C23H28N2O2S.2ClH/c1-17-7-8-23-18(15-17)19(16-28-23)21(26)9-10-24-11-13-25(14-12-24)20-5-3-4-6-22(20)27-2;;/h3-8,15-16,21,26H,9-14H2,1-2H3;2*1H. The van der Waals surface area contributed by atoms with E-state index in [-0.39, 0.29) is 24.8 Å². The minimum absolute atomic E-state index is 0. The molecule has 1 N–H and O–H groups in total. The molecular weight excluding hydrogens is 439 g/mol. The quantitative estimate of drug-likeness (QED) is 0.531. The van der Waals surface area contributed by atoms with Crippen molar-refractivity contribution in [3.63, 3.8) is 0 Å². The molecule has 0 aliphatic carbocycles. The summed E-state index contributed by atoms with van der Waals surface area (Å²) in [6.07, 6.45) is 0.372. The Labute approximate surface area is 195 Å². The molecule has 0 amide bonds. The molecule has 4 nitrogen and oxygen atoms in total. The van der Waals surface area contributed by atoms with Gasteiger partial charge >= 0.3 is 0 Å². The van der Waals surface area contributed by atoms with Crippen molar-refractivity contribution in [2.75, 3.05) is 44.7 Å². The molecule has 1 aromatic heterocycles. The molecule has 1 fully saturated rings. The molecule has 2 aromatic carbocycles. The second-order valence-corrected chi connectivity index (χ2v) is 8.41. The van der Waals surface area contributed by atoms with Gasteiger partial charge in [-0.1, -0.05) is 29.8 Å². The number of anilines is 1. The van der Waals surface area contributed by atoms with E-state index >= 15 is 0 Å². The fourth-order valence-corrected chi connectivity index (χ4v) is 4.97. The van der Waals surface area contributed by atoms with E-state index in [9.17, 15) is 5.11 Å². The number of fused-ring (bicyclic) bond motifs is 1. The van der Waals surface area contributed by atoms with E-state index in [1.165, 1.54) is 21.3 Å². The number of thiophene rings is 1. The van der Waals surface area contributed by atoms with Crippen LogP contribution >= 0.6 is 36.2 Å². The molecule has 4 rings (SSSR count). The van der Waals surface area contributed by atoms with Gasteiger partial charge in [-0.3, -0.25) is 4.90 Å². The Morgan fingerprint density at radius 3 is 2.53 bits per heavy atom. The molecule has 1 saturated heterocycles. The third-order valence-electron chi connectivity index (χ3n) is 5.63. The second-order valence-electron chi connectivity index (χ2n) is 7.50. The Balaban J connectivity index is 0.00000160. The van der Waals surface area contributed by atoms with E-state index in [4.69, 9.17) is 4.74 Å². The normalized spacial score (nSPS) is 15.4. The first-order chi connectivity index (χ1) is 13.7. The number of aryl methyl sites for hydroxylation is 1. The van der Waals surface area contributed by atoms with Gasteiger partial charge in [0.15, 0.2) is 0 Å². The molecule has 1 unspecified atom stereocenters. The van der Waals surface area contributed by atoms with Crippen molar-refractivity contribution in [3.8, 4) is 5.75 Å². The number of benzene rings is 2. The highest BCUT2D eigenvalue weighted by molar-refractivity contribution is 7.17. The predicted molar refractivity (Wildman–Crippen MR) is 132 cm³/mol. The van der Waals surface area contributed by atoms with Crippen LogP contribution in [0.25, 0.3) is 10.1 Å². The van der Waals surface area contributed by atoms with Gasteiger partial charge in [0.25, 0.3) is 0 Å². The lowest BCUT2D eigenvalue weighted by Gasteiger charge is -2.36. The average molecular weight is 469 g/mol. The Bertz CT molecular complexity index is 942. The molecule has 0 spiro atoms. The Morgan fingerprint density at radius 1 is 1.07 bits per heavy atom. The van der Waals surface area contributed by atoms with Crippen LogP contribution in [0.2, 0.25) is 0 Å². The topological polar surface area (TPSA) is 35.9 Å². The molecule has 7 heteroatoms. The average Bonchev–Trinajstić information content (AvgIpc) is 3.15. The van der Waals surface area contributed by atoms with E-state index < -0.39 is 6.10 Å². The lowest BCUT2D eigenvalue weighted by molar-refractivity contribution is 0.141. The molecule has 3 aromatic rings. The van der Waals surface area contributed by atoms with Crippen LogP contribution in [0.15, 0.2) is 47.8 Å². The SMILES string of the molecule is COc1ccccc1N1CCN(CCC(O)c2csc3ccc(C)cc23)CC1.Cl.Cl. The number of para-hydroxylation sites is 2. The van der Waals surface area contributed by atoms with Gasteiger partial charge in [0.1, 0.15) is 5.75 Å². The minimum Gasteiger partial charge on any atom is -0.495 e. The van der Waals surface area contributed by atoms with Gasteiger partial charge in [-0.15, -0.1) is 36.2 Å². The Morgan fingerprint density at radius 2 is 1.80 bits per heavy atom. The fourth-order valence-electron chi connectivity index (χ4n) is 3.98. The highest BCUT2D eigenvalue weighted by Gasteiger charge is 2.21. The summed E-state index contributed by atoms with van der Waals surface area (Å²) in [6, 6.07) is 14.7. The van der Waals surface area contributed by atoms with E-state index in [1.807, 2.05) is 12.1 Å². The van der Waals surface area contributed by atoms with Crippen molar-refractivity contribution < 1.29 is 9.84 Å². The number of nitrogens with zero attached hydrogens (tertiary/aromatic N) is 2. The lowest BCUT2D eigenvalue weighted by Crippen LogP contribution is -2.46. The maximum Gasteiger partial charge on any atom is 0.142 e. The van der Waals surface area contributed by atoms with Crippen molar-refractivity contribution in [1.82, 2.24) is 4.90 Å². The molecule has 164 valence electrons. The largest absolute Gasteiger partial charge is 0.495 e. The van der Waals surface area contributed by atoms with Gasteiger partial charge in [-0.05, 0) is 47.9 Å². The van der Waals surface area contributed by atoms with Crippen molar-refractivity contribution in [2.24, 2.45) is 0 Å². The number of halogens is 2. The lowest BCUT2D eigenvalue weighted by atomic mass is 10.0. The van der Waals surface area contributed by atoms with E-state index in [0.717, 1.165) is 50.5 Å². The number of methoxy groups -OCH3 is 1. The summed E-state index contributed by atoms with van der Waals surface area (Å²) >= 11 is 1.72. The van der Waals surface area contributed by atoms with Gasteiger partial charge in [-0.2, -0.15) is 0 Å². The van der Waals surface area contributed by atoms with Crippen molar-refractivity contribution in [1.29, 1.82) is 0 Å². The summed E-state index contributed by atoms with van der Waals surface area (Å²) in [5, 5.41) is 14.1. The van der Waals surface area contributed by atoms with Gasteiger partial charge in [0.2, 0.25) is 0 Å². The maximum atomic E-state index is 10.8. The smallest absolute Gasteiger partial charge is 0.142 e. The summed E-state index contributed by atoms with van der Waals surface area (Å²) in [5.74, 6) is 0.936. The maximum absolute atomic E-state index is 10.8. The molecule has 1 aliphatic heterocycles. The van der Waals surface area contributed by atoms with Gasteiger partial charge in [0, 0.05) is 37.4 Å². The van der Waals surface area contributed by atoms with Gasteiger partial charge in [0.05, 0.1) is 18.9 Å². The number of aliphatic hydroxyl groups excluding tert-OH is 1. The molecule has 0 bridgehead atoms. The van der Waals surface area contributed by atoms with E-state index in [2.05, 4.69) is 52.4 Å². The third-order valence-corrected chi connectivity index (χ3v) is 6.62. The Kier molecular flexibility index (Phi) is 9.26. The summed E-state index contributed by atoms with van der Waals surface area (Å²) in [6.45, 7) is 7.01. The first kappa shape index (κ1) is 24.8. The number of rotatable bonds is 6. The summed E-state index contributed by atoms with van der Waals surface area (Å²) < 4.78 is 6.76. The summed E-state index contributed by atoms with van der Waals surface area (Å²) in [7, 11) is 1.73. The minimum atomic E-state index is -0.400. The van der Waals surface area contributed by atoms with Crippen LogP contribution in [-0.4, -0.2) is 49.8 Å². The van der Waals surface area contributed by atoms with Crippen molar-refractivity contribution in [3.05, 3.63) is 59.0 Å². The molecular formula is C23H30Cl2N2O2S. The van der Waals surface area contributed by atoms with Crippen LogP contribution in [0.4, 0.5) is 5.69 Å². The van der Waals surface area contributed by atoms with Crippen LogP contribution in [0.5, 0.6) is 5.75 Å². The van der Waals surface area contributed by atoms with Crippen LogP contribution in [0, 0.1) is 6.92 Å². The van der Waals surface area contributed by atoms with Crippen LogP contribution in [-0.2, 0) is 0 Å². The number of hydrogen-bond acceptors (Lipinski definition) is 5. The van der Waals surface area contributed by atoms with E-state index in [1.54, 1.807) is 18.4 Å². The van der Waals surface area contributed by atoms with Gasteiger partial charge in [-0.25, -0.2) is 0 Å². The molecule has 30 heavy (non-hydrogen) atoms. The second kappa shape index (κ2) is 11.2. The van der Waals surface area contributed by atoms with Gasteiger partial charge < -0.3 is 14.7 Å². The first-order valence-corrected chi connectivity index (χ1v) is 10.8. The first-order valence-electron chi connectivity index (χ1n) is 9.92.